The second-order valence-corrected chi connectivity index (χ2v) is 10.7. The van der Waals surface area contributed by atoms with Gasteiger partial charge in [0.1, 0.15) is 0 Å². The fourth-order valence-electron chi connectivity index (χ4n) is 3.57. The summed E-state index contributed by atoms with van der Waals surface area (Å²) in [5.74, 6) is 2.31. The molecule has 3 N–H and O–H groups in total. The van der Waals surface area contributed by atoms with Crippen LogP contribution >= 0.6 is 0 Å². The molecule has 4 rings (SSSR count). The number of ether oxygens (including phenoxy) is 1. The molecule has 0 aromatic carbocycles. The van der Waals surface area contributed by atoms with Gasteiger partial charge in [-0.25, -0.2) is 0 Å². The number of morpholine rings is 1. The van der Waals surface area contributed by atoms with E-state index in [-0.39, 0.29) is 15.8 Å². The van der Waals surface area contributed by atoms with Crippen LogP contribution in [0.2, 0.25) is 5.21 Å². The van der Waals surface area contributed by atoms with E-state index in [0.717, 1.165) is 69.1 Å². The molecule has 167 valence electrons. The van der Waals surface area contributed by atoms with E-state index in [0.29, 0.717) is 11.9 Å². The molecule has 8 nitrogen and oxygen atoms in total. The molecule has 0 spiro atoms. The van der Waals surface area contributed by atoms with Gasteiger partial charge in [0.15, 0.2) is 0 Å². The molecular formula is C22H33AsN7O. The van der Waals surface area contributed by atoms with Crippen LogP contribution in [0.3, 0.4) is 0 Å². The molecular weight excluding hydrogens is 453 g/mol. The Hall–Kier alpha value is -1.73. The van der Waals surface area contributed by atoms with Gasteiger partial charge in [0.25, 0.3) is 0 Å². The summed E-state index contributed by atoms with van der Waals surface area (Å²) in [7, 11) is 2.09. The molecule has 1 saturated heterocycles. The van der Waals surface area contributed by atoms with Crippen LogP contribution in [0, 0.1) is 0 Å². The van der Waals surface area contributed by atoms with Crippen molar-refractivity contribution in [3.05, 3.63) is 30.1 Å². The van der Waals surface area contributed by atoms with Gasteiger partial charge in [-0.2, -0.15) is 0 Å². The number of nitrogens with zero attached hydrogens (tertiary/aromatic N) is 5. The molecule has 2 aromatic heterocycles. The molecule has 9 heteroatoms. The standard InChI is InChI=1S/C22H33AsN7O/c1-29(9-10-30-11-13-31-14-12-30)20-6-5-18(15-25-20)27-22-26-16-19(17-3-4-17)21(28-22)23-7-2-8-24/h5-6,15-17H,2-4,7-14,24H2,1H3,(H,26,27,28). The summed E-state index contributed by atoms with van der Waals surface area (Å²) in [4.78, 5) is 18.7. The third kappa shape index (κ3) is 6.62. The van der Waals surface area contributed by atoms with Gasteiger partial charge in [0, 0.05) is 13.1 Å². The number of likely N-dealkylation sites (N-methyl/N-ethyl adjacent to an activating group) is 1. The minimum atomic E-state index is 0.0419. The molecule has 1 radical (unpaired) electrons. The first-order valence-electron chi connectivity index (χ1n) is 11.2. The summed E-state index contributed by atoms with van der Waals surface area (Å²) in [6.07, 6.45) is 7.50. The molecule has 1 aliphatic heterocycles. The Kier molecular flexibility index (Phi) is 8.14. The van der Waals surface area contributed by atoms with Crippen molar-refractivity contribution in [2.75, 3.05) is 63.2 Å². The Morgan fingerprint density at radius 3 is 2.77 bits per heavy atom. The van der Waals surface area contributed by atoms with Crippen LogP contribution in [0.1, 0.15) is 30.7 Å². The number of nitrogens with one attached hydrogen (secondary N) is 1. The summed E-state index contributed by atoms with van der Waals surface area (Å²) >= 11 is 0.0419. The van der Waals surface area contributed by atoms with Crippen LogP contribution in [0.4, 0.5) is 17.5 Å². The van der Waals surface area contributed by atoms with Crippen molar-refractivity contribution >= 4 is 37.7 Å². The number of aromatic nitrogens is 3. The van der Waals surface area contributed by atoms with E-state index in [1.165, 1.54) is 22.9 Å². The quantitative estimate of drug-likeness (QED) is 0.364. The summed E-state index contributed by atoms with van der Waals surface area (Å²) in [5.41, 5.74) is 7.95. The van der Waals surface area contributed by atoms with Gasteiger partial charge in [-0.1, -0.05) is 0 Å². The molecule has 0 bridgehead atoms. The first-order chi connectivity index (χ1) is 15.2. The van der Waals surface area contributed by atoms with Gasteiger partial charge in [-0.05, 0) is 0 Å². The van der Waals surface area contributed by atoms with Crippen LogP contribution in [0.25, 0.3) is 0 Å². The van der Waals surface area contributed by atoms with Gasteiger partial charge in [0.05, 0.1) is 13.2 Å². The van der Waals surface area contributed by atoms with Crippen LogP contribution in [-0.2, 0) is 4.74 Å². The molecule has 0 atom stereocenters. The normalized spacial score (nSPS) is 17.4. The van der Waals surface area contributed by atoms with E-state index in [1.54, 1.807) is 0 Å². The van der Waals surface area contributed by atoms with Crippen molar-refractivity contribution in [3.8, 4) is 0 Å². The zero-order chi connectivity index (χ0) is 21.5. The van der Waals surface area contributed by atoms with Gasteiger partial charge in [0.2, 0.25) is 0 Å². The SMILES string of the molecule is CN(CCN1CCOCC1)c1ccc(Nc2ncc(C3CC3)c([As]CCCN)n2)cn1. The van der Waals surface area contributed by atoms with Gasteiger partial charge < -0.3 is 4.74 Å². The van der Waals surface area contributed by atoms with Crippen LogP contribution < -0.4 is 20.4 Å². The van der Waals surface area contributed by atoms with E-state index >= 15 is 0 Å². The molecule has 1 saturated carbocycles. The second-order valence-electron chi connectivity index (χ2n) is 8.18. The first-order valence-corrected chi connectivity index (χ1v) is 13.5. The maximum absolute atomic E-state index is 5.68. The van der Waals surface area contributed by atoms with E-state index in [2.05, 4.69) is 32.1 Å². The number of rotatable bonds is 11. The molecule has 0 amide bonds. The fraction of sp³-hybridized carbons (Fsp3) is 0.591. The molecule has 1 aliphatic carbocycles. The van der Waals surface area contributed by atoms with Crippen molar-refractivity contribution in [2.45, 2.75) is 30.4 Å². The maximum atomic E-state index is 5.68. The number of hydrogen-bond acceptors (Lipinski definition) is 8. The molecule has 2 aliphatic rings. The summed E-state index contributed by atoms with van der Waals surface area (Å²) in [6, 6.07) is 4.10. The van der Waals surface area contributed by atoms with E-state index in [1.807, 2.05) is 24.5 Å². The second kappa shape index (κ2) is 11.2. The first kappa shape index (κ1) is 22.5. The fourth-order valence-corrected chi connectivity index (χ4v) is 5.97. The third-order valence-electron chi connectivity index (χ3n) is 5.69. The minimum absolute atomic E-state index is 0.0419. The Labute approximate surface area is 191 Å². The molecule has 0 unspecified atom stereocenters. The molecule has 3 heterocycles. The number of pyridine rings is 1. The average Bonchev–Trinajstić information content (AvgIpc) is 3.64. The van der Waals surface area contributed by atoms with Crippen molar-refractivity contribution in [2.24, 2.45) is 5.73 Å². The monoisotopic (exact) mass is 486 g/mol. The van der Waals surface area contributed by atoms with Crippen LogP contribution in [0.15, 0.2) is 24.5 Å². The molecule has 31 heavy (non-hydrogen) atoms. The molecule has 2 fully saturated rings. The summed E-state index contributed by atoms with van der Waals surface area (Å²) in [6.45, 7) is 6.42. The predicted octanol–water partition coefficient (Wildman–Crippen LogP) is 1.36. The van der Waals surface area contributed by atoms with Gasteiger partial charge in [-0.3, -0.25) is 0 Å². The Morgan fingerprint density at radius 1 is 1.23 bits per heavy atom. The van der Waals surface area contributed by atoms with E-state index in [4.69, 9.17) is 15.5 Å². The zero-order valence-corrected chi connectivity index (χ0v) is 20.2. The predicted molar refractivity (Wildman–Crippen MR) is 126 cm³/mol. The van der Waals surface area contributed by atoms with E-state index in [9.17, 15) is 0 Å². The van der Waals surface area contributed by atoms with Crippen molar-refractivity contribution < 1.29 is 4.74 Å². The Morgan fingerprint density at radius 2 is 2.06 bits per heavy atom. The topological polar surface area (TPSA) is 92.4 Å². The Bertz CT molecular complexity index is 825. The number of nitrogens with two attached hydrogens (primary N) is 1. The van der Waals surface area contributed by atoms with Crippen LogP contribution in [-0.4, -0.2) is 88.6 Å². The Balaban J connectivity index is 1.34. The van der Waals surface area contributed by atoms with Crippen LogP contribution in [0.5, 0.6) is 0 Å². The van der Waals surface area contributed by atoms with Gasteiger partial charge in [-0.15, -0.1) is 0 Å². The third-order valence-corrected chi connectivity index (χ3v) is 8.20. The zero-order valence-electron chi connectivity index (χ0n) is 18.3. The average molecular weight is 486 g/mol. The summed E-state index contributed by atoms with van der Waals surface area (Å²) < 4.78 is 6.68. The van der Waals surface area contributed by atoms with Crippen molar-refractivity contribution in [3.63, 3.8) is 0 Å². The number of anilines is 3. The summed E-state index contributed by atoms with van der Waals surface area (Å²) in [5, 5.41) is 4.50. The molecule has 2 aromatic rings. The van der Waals surface area contributed by atoms with Crippen molar-refractivity contribution in [1.29, 1.82) is 0 Å². The van der Waals surface area contributed by atoms with E-state index < -0.39 is 0 Å². The number of hydrogen-bond donors (Lipinski definition) is 2. The van der Waals surface area contributed by atoms with Crippen molar-refractivity contribution in [1.82, 2.24) is 19.9 Å². The van der Waals surface area contributed by atoms with Gasteiger partial charge >= 0.3 is 161 Å².